The normalized spacial score (nSPS) is 18.2. The first kappa shape index (κ1) is 23.3. The van der Waals surface area contributed by atoms with Gasteiger partial charge in [-0.3, -0.25) is 4.79 Å². The van der Waals surface area contributed by atoms with Gasteiger partial charge in [-0.05, 0) is 44.7 Å². The molecule has 7 nitrogen and oxygen atoms in total. The summed E-state index contributed by atoms with van der Waals surface area (Å²) in [5, 5.41) is 2.50. The van der Waals surface area contributed by atoms with Crippen molar-refractivity contribution in [3.05, 3.63) is 71.8 Å². The van der Waals surface area contributed by atoms with Gasteiger partial charge in [0.25, 0.3) is 0 Å². The molecule has 2 amide bonds. The molecule has 2 aromatic carbocycles. The number of esters is 1. The average Bonchev–Trinajstić information content (AvgIpc) is 3.23. The van der Waals surface area contributed by atoms with Crippen LogP contribution in [0.2, 0.25) is 0 Å². The largest absolute Gasteiger partial charge is 0.458 e. The van der Waals surface area contributed by atoms with E-state index in [9.17, 15) is 14.4 Å². The number of hydrogen-bond acceptors (Lipinski definition) is 5. The number of nitrogens with zero attached hydrogens (tertiary/aromatic N) is 1. The lowest BCUT2D eigenvalue weighted by atomic mass is 9.86. The summed E-state index contributed by atoms with van der Waals surface area (Å²) in [5.74, 6) is -0.831. The lowest BCUT2D eigenvalue weighted by molar-refractivity contribution is -0.172. The third-order valence-electron chi connectivity index (χ3n) is 5.27. The Balaban J connectivity index is 1.71. The molecule has 1 saturated heterocycles. The van der Waals surface area contributed by atoms with Gasteiger partial charge in [0.2, 0.25) is 5.91 Å². The molecule has 0 unspecified atom stereocenters. The zero-order valence-corrected chi connectivity index (χ0v) is 18.8. The highest BCUT2D eigenvalue weighted by atomic mass is 16.6. The van der Waals surface area contributed by atoms with Gasteiger partial charge in [-0.1, -0.05) is 60.7 Å². The number of hydrogen-bond donors (Lipinski definition) is 1. The smallest absolute Gasteiger partial charge is 0.407 e. The first-order chi connectivity index (χ1) is 15.2. The maximum absolute atomic E-state index is 13.4. The van der Waals surface area contributed by atoms with Crippen LogP contribution in [0.1, 0.15) is 44.7 Å². The molecule has 1 N–H and O–H groups in total. The maximum Gasteiger partial charge on any atom is 0.407 e. The number of rotatable bonds is 6. The summed E-state index contributed by atoms with van der Waals surface area (Å²) >= 11 is 0. The summed E-state index contributed by atoms with van der Waals surface area (Å²) in [6.45, 7) is 5.63. The van der Waals surface area contributed by atoms with Gasteiger partial charge in [-0.15, -0.1) is 0 Å². The van der Waals surface area contributed by atoms with Crippen molar-refractivity contribution in [1.29, 1.82) is 0 Å². The Morgan fingerprint density at radius 2 is 1.62 bits per heavy atom. The van der Waals surface area contributed by atoms with Crippen LogP contribution in [0.15, 0.2) is 60.7 Å². The van der Waals surface area contributed by atoms with Crippen molar-refractivity contribution in [2.24, 2.45) is 0 Å². The Morgan fingerprint density at radius 1 is 1.00 bits per heavy atom. The quantitative estimate of drug-likeness (QED) is 0.694. The molecule has 2 aromatic rings. The molecule has 0 spiro atoms. The number of nitrogens with one attached hydrogen (secondary N) is 1. The van der Waals surface area contributed by atoms with Crippen LogP contribution in [0.3, 0.4) is 0 Å². The van der Waals surface area contributed by atoms with E-state index < -0.39 is 23.2 Å². The minimum Gasteiger partial charge on any atom is -0.458 e. The van der Waals surface area contributed by atoms with E-state index in [1.54, 1.807) is 20.8 Å². The molecule has 32 heavy (non-hydrogen) atoms. The van der Waals surface area contributed by atoms with E-state index in [4.69, 9.17) is 9.47 Å². The molecule has 0 aromatic heterocycles. The van der Waals surface area contributed by atoms with Gasteiger partial charge in [0.15, 0.2) is 5.54 Å². The molecule has 0 saturated carbocycles. The second-order valence-electron chi connectivity index (χ2n) is 8.79. The Morgan fingerprint density at radius 3 is 2.25 bits per heavy atom. The topological polar surface area (TPSA) is 84.9 Å². The number of carbonyl (C=O) groups excluding carboxylic acids is 3. The molecule has 0 bridgehead atoms. The van der Waals surface area contributed by atoms with E-state index in [0.29, 0.717) is 24.9 Å². The predicted octanol–water partition coefficient (Wildman–Crippen LogP) is 3.77. The monoisotopic (exact) mass is 438 g/mol. The maximum atomic E-state index is 13.4. The lowest BCUT2D eigenvalue weighted by Crippen LogP contribution is -2.54. The SMILES string of the molecule is CC(C)(C)OC(=O)[C@]1(c2ccccc2)CCCN1C(=O)CNC(=O)OCc1ccccc1. The third kappa shape index (κ3) is 5.46. The van der Waals surface area contributed by atoms with E-state index in [1.165, 1.54) is 4.90 Å². The Kier molecular flexibility index (Phi) is 7.18. The van der Waals surface area contributed by atoms with Crippen LogP contribution in [-0.4, -0.2) is 41.6 Å². The van der Waals surface area contributed by atoms with Gasteiger partial charge in [0.05, 0.1) is 0 Å². The Bertz CT molecular complexity index is 940. The number of benzene rings is 2. The van der Waals surface area contributed by atoms with Crippen molar-refractivity contribution < 1.29 is 23.9 Å². The van der Waals surface area contributed by atoms with E-state index in [0.717, 1.165) is 5.56 Å². The fourth-order valence-corrected chi connectivity index (χ4v) is 3.88. The van der Waals surface area contributed by atoms with Crippen molar-refractivity contribution in [2.45, 2.75) is 51.4 Å². The van der Waals surface area contributed by atoms with Crippen molar-refractivity contribution in [3.63, 3.8) is 0 Å². The highest BCUT2D eigenvalue weighted by Gasteiger charge is 2.53. The fourth-order valence-electron chi connectivity index (χ4n) is 3.88. The van der Waals surface area contributed by atoms with Gasteiger partial charge in [0.1, 0.15) is 18.8 Å². The third-order valence-corrected chi connectivity index (χ3v) is 5.27. The minimum absolute atomic E-state index is 0.108. The van der Waals surface area contributed by atoms with Crippen molar-refractivity contribution in [2.75, 3.05) is 13.1 Å². The van der Waals surface area contributed by atoms with Crippen LogP contribution in [-0.2, 0) is 31.2 Å². The summed E-state index contributed by atoms with van der Waals surface area (Å²) in [5.41, 5.74) is -0.370. The first-order valence-electron chi connectivity index (χ1n) is 10.8. The van der Waals surface area contributed by atoms with Gasteiger partial charge in [-0.2, -0.15) is 0 Å². The van der Waals surface area contributed by atoms with Gasteiger partial charge < -0.3 is 19.7 Å². The van der Waals surface area contributed by atoms with Crippen LogP contribution in [0.5, 0.6) is 0 Å². The first-order valence-corrected chi connectivity index (χ1v) is 10.8. The van der Waals surface area contributed by atoms with Crippen LogP contribution in [0.4, 0.5) is 4.79 Å². The average molecular weight is 439 g/mol. The van der Waals surface area contributed by atoms with Gasteiger partial charge in [0, 0.05) is 6.54 Å². The molecule has 0 radical (unpaired) electrons. The summed E-state index contributed by atoms with van der Waals surface area (Å²) in [7, 11) is 0. The summed E-state index contributed by atoms with van der Waals surface area (Å²) in [6, 6.07) is 18.5. The standard InChI is InChI=1S/C25H30N2O5/c1-24(2,3)32-22(29)25(20-13-8-5-9-14-20)15-10-16-27(25)21(28)17-26-23(30)31-18-19-11-6-4-7-12-19/h4-9,11-14H,10,15-18H2,1-3H3,(H,26,30)/t25-/m1/s1. The van der Waals surface area contributed by atoms with E-state index in [-0.39, 0.29) is 19.1 Å². The second-order valence-corrected chi connectivity index (χ2v) is 8.79. The molecule has 3 rings (SSSR count). The molecule has 1 atom stereocenters. The molecule has 1 fully saturated rings. The lowest BCUT2D eigenvalue weighted by Gasteiger charge is -2.38. The van der Waals surface area contributed by atoms with Crippen LogP contribution in [0.25, 0.3) is 0 Å². The molecular weight excluding hydrogens is 408 g/mol. The van der Waals surface area contributed by atoms with Gasteiger partial charge in [-0.25, -0.2) is 9.59 Å². The summed E-state index contributed by atoms with van der Waals surface area (Å²) in [6.07, 6.45) is 0.415. The van der Waals surface area contributed by atoms with Gasteiger partial charge >= 0.3 is 12.1 Å². The number of alkyl carbamates (subject to hydrolysis) is 1. The molecule has 1 aliphatic rings. The Labute approximate surface area is 188 Å². The van der Waals surface area contributed by atoms with E-state index in [1.807, 2.05) is 60.7 Å². The molecule has 7 heteroatoms. The number of amides is 2. The number of carbonyl (C=O) groups is 3. The molecular formula is C25H30N2O5. The minimum atomic E-state index is -1.22. The molecule has 1 heterocycles. The summed E-state index contributed by atoms with van der Waals surface area (Å²) in [4.78, 5) is 40.1. The van der Waals surface area contributed by atoms with Crippen molar-refractivity contribution >= 4 is 18.0 Å². The summed E-state index contributed by atoms with van der Waals surface area (Å²) < 4.78 is 10.9. The van der Waals surface area contributed by atoms with Crippen LogP contribution in [0, 0.1) is 0 Å². The molecule has 0 aliphatic carbocycles. The van der Waals surface area contributed by atoms with E-state index >= 15 is 0 Å². The highest BCUT2D eigenvalue weighted by molar-refractivity contribution is 5.91. The van der Waals surface area contributed by atoms with Crippen molar-refractivity contribution in [3.8, 4) is 0 Å². The Hall–Kier alpha value is -3.35. The van der Waals surface area contributed by atoms with E-state index in [2.05, 4.69) is 5.32 Å². The zero-order chi connectivity index (χ0) is 23.2. The second kappa shape index (κ2) is 9.85. The van der Waals surface area contributed by atoms with Crippen molar-refractivity contribution in [1.82, 2.24) is 10.2 Å². The molecule has 170 valence electrons. The predicted molar refractivity (Wildman–Crippen MR) is 120 cm³/mol. The highest BCUT2D eigenvalue weighted by Crippen LogP contribution is 2.41. The fraction of sp³-hybridized carbons (Fsp3) is 0.400. The van der Waals surface area contributed by atoms with Crippen LogP contribution >= 0.6 is 0 Å². The number of ether oxygens (including phenoxy) is 2. The van der Waals surface area contributed by atoms with Crippen LogP contribution < -0.4 is 5.32 Å². The number of likely N-dealkylation sites (tertiary alicyclic amines) is 1. The zero-order valence-electron chi connectivity index (χ0n) is 18.8. The molecule has 1 aliphatic heterocycles.